The van der Waals surface area contributed by atoms with Crippen LogP contribution in [0.1, 0.15) is 6.92 Å². The van der Waals surface area contributed by atoms with Gasteiger partial charge >= 0.3 is 5.97 Å². The molecule has 0 bridgehead atoms. The number of carbonyl (C=O) groups excluding carboxylic acids is 1. The van der Waals surface area contributed by atoms with E-state index < -0.39 is 0 Å². The molecule has 0 aliphatic rings. The number of carbonyl (C=O) groups is 1. The van der Waals surface area contributed by atoms with Crippen molar-refractivity contribution in [2.24, 2.45) is 0 Å². The van der Waals surface area contributed by atoms with Crippen LogP contribution in [0.3, 0.4) is 0 Å². The van der Waals surface area contributed by atoms with Crippen molar-refractivity contribution in [3.05, 3.63) is 24.1 Å². The lowest BCUT2D eigenvalue weighted by molar-refractivity contribution is -0.144. The van der Waals surface area contributed by atoms with Crippen molar-refractivity contribution in [3.63, 3.8) is 0 Å². The van der Waals surface area contributed by atoms with E-state index >= 15 is 0 Å². The lowest BCUT2D eigenvalue weighted by atomic mass is 9.95. The van der Waals surface area contributed by atoms with Gasteiger partial charge in [0.2, 0.25) is 0 Å². The predicted octanol–water partition coefficient (Wildman–Crippen LogP) is -0.00310. The Labute approximate surface area is 98.8 Å². The van der Waals surface area contributed by atoms with Crippen LogP contribution in [0.25, 0.3) is 10.9 Å². The summed E-state index contributed by atoms with van der Waals surface area (Å²) in [5.74, 6) is -0.701. The minimum atomic E-state index is -0.377. The van der Waals surface area contributed by atoms with Crippen LogP contribution in [0.15, 0.2) is 18.3 Å². The molecule has 0 atom stereocenters. The third kappa shape index (κ3) is 2.46. The third-order valence-corrected chi connectivity index (χ3v) is 2.36. The average Bonchev–Trinajstić information content (AvgIpc) is 2.60. The Morgan fingerprint density at radius 3 is 3.06 bits per heavy atom. The highest BCUT2D eigenvalue weighted by Crippen LogP contribution is 2.14. The lowest BCUT2D eigenvalue weighted by Crippen LogP contribution is -2.13. The summed E-state index contributed by atoms with van der Waals surface area (Å²) in [5.41, 5.74) is 1.35. The highest BCUT2D eigenvalue weighted by atomic mass is 19.1. The van der Waals surface area contributed by atoms with E-state index in [4.69, 9.17) is 4.74 Å². The first kappa shape index (κ1) is 11.6. The van der Waals surface area contributed by atoms with Crippen LogP contribution in [0.4, 0.5) is 4.39 Å². The second-order valence-corrected chi connectivity index (χ2v) is 3.81. The number of fused-ring (bicyclic) bond motifs is 1. The summed E-state index contributed by atoms with van der Waals surface area (Å²) in [6.45, 7) is 2.06. The van der Waals surface area contributed by atoms with Gasteiger partial charge in [0, 0.05) is 6.20 Å². The molecule has 0 aliphatic heterocycles. The molecule has 0 saturated heterocycles. The van der Waals surface area contributed by atoms with Crippen LogP contribution in [0.5, 0.6) is 0 Å². The molecule has 17 heavy (non-hydrogen) atoms. The van der Waals surface area contributed by atoms with Crippen molar-refractivity contribution in [3.8, 4) is 0 Å². The molecule has 0 aliphatic carbocycles. The van der Waals surface area contributed by atoms with E-state index in [2.05, 4.69) is 5.10 Å². The molecular formula is C11H12BFN2O2. The van der Waals surface area contributed by atoms with Crippen molar-refractivity contribution < 1.29 is 13.9 Å². The maximum absolute atomic E-state index is 13.6. The van der Waals surface area contributed by atoms with Gasteiger partial charge in [-0.2, -0.15) is 5.10 Å². The Bertz CT molecular complexity index is 568. The van der Waals surface area contributed by atoms with Crippen molar-refractivity contribution >= 4 is 30.2 Å². The summed E-state index contributed by atoms with van der Waals surface area (Å²) in [4.78, 5) is 11.3. The third-order valence-electron chi connectivity index (χ3n) is 2.36. The minimum absolute atomic E-state index is 0.001000. The fraction of sp³-hybridized carbons (Fsp3) is 0.273. The Kier molecular flexibility index (Phi) is 3.13. The molecule has 4 nitrogen and oxygen atoms in total. The summed E-state index contributed by atoms with van der Waals surface area (Å²) in [6, 6.07) is 3.22. The van der Waals surface area contributed by atoms with Crippen LogP contribution < -0.4 is 5.46 Å². The Hall–Kier alpha value is -1.85. The van der Waals surface area contributed by atoms with Gasteiger partial charge in [-0.1, -0.05) is 5.46 Å². The van der Waals surface area contributed by atoms with E-state index in [1.54, 1.807) is 20.8 Å². The fourth-order valence-electron chi connectivity index (χ4n) is 1.68. The van der Waals surface area contributed by atoms with Crippen molar-refractivity contribution in [1.82, 2.24) is 9.78 Å². The summed E-state index contributed by atoms with van der Waals surface area (Å²) >= 11 is 0. The number of ether oxygens (including phenoxy) is 1. The molecule has 1 heterocycles. The Balaban J connectivity index is 2.32. The molecule has 0 amide bonds. The number of hydrogen-bond acceptors (Lipinski definition) is 3. The number of aromatic nitrogens is 2. The second kappa shape index (κ2) is 4.57. The van der Waals surface area contributed by atoms with Gasteiger partial charge in [-0.3, -0.25) is 9.48 Å². The van der Waals surface area contributed by atoms with Crippen LogP contribution in [-0.4, -0.2) is 30.2 Å². The largest absolute Gasteiger partial charge is 0.465 e. The molecule has 88 valence electrons. The van der Waals surface area contributed by atoms with E-state index in [9.17, 15) is 9.18 Å². The summed E-state index contributed by atoms with van der Waals surface area (Å²) in [7, 11) is 1.80. The normalized spacial score (nSPS) is 10.7. The van der Waals surface area contributed by atoms with Crippen LogP contribution in [-0.2, 0) is 16.1 Å². The smallest absolute Gasteiger partial charge is 0.327 e. The first-order chi connectivity index (χ1) is 8.10. The molecule has 1 aromatic heterocycles. The van der Waals surface area contributed by atoms with Crippen molar-refractivity contribution in [1.29, 1.82) is 0 Å². The van der Waals surface area contributed by atoms with Gasteiger partial charge in [-0.05, 0) is 19.1 Å². The number of nitrogens with zero attached hydrogens (tertiary/aromatic N) is 2. The zero-order valence-electron chi connectivity index (χ0n) is 9.74. The molecule has 0 fully saturated rings. The summed E-state index contributed by atoms with van der Waals surface area (Å²) < 4.78 is 19.8. The van der Waals surface area contributed by atoms with E-state index in [1.165, 1.54) is 16.9 Å². The topological polar surface area (TPSA) is 44.1 Å². The number of benzene rings is 1. The number of hydrogen-bond donors (Lipinski definition) is 0. The molecule has 1 aromatic carbocycles. The second-order valence-electron chi connectivity index (χ2n) is 3.81. The maximum Gasteiger partial charge on any atom is 0.327 e. The molecular weight excluding hydrogens is 222 g/mol. The van der Waals surface area contributed by atoms with Crippen LogP contribution in [0.2, 0.25) is 0 Å². The van der Waals surface area contributed by atoms with E-state index in [-0.39, 0.29) is 18.3 Å². The van der Waals surface area contributed by atoms with Crippen LogP contribution in [0, 0.1) is 5.82 Å². The van der Waals surface area contributed by atoms with Crippen molar-refractivity contribution in [2.75, 3.05) is 6.61 Å². The SMILES string of the molecule is Bc1cc(F)c2cn(CC(=O)OCC)nc2c1. The number of rotatable bonds is 3. The molecule has 6 heteroatoms. The van der Waals surface area contributed by atoms with E-state index in [1.807, 2.05) is 0 Å². The molecule has 0 spiro atoms. The first-order valence-corrected chi connectivity index (χ1v) is 5.39. The quantitative estimate of drug-likeness (QED) is 0.554. The predicted molar refractivity (Wildman–Crippen MR) is 64.5 cm³/mol. The average molecular weight is 234 g/mol. The van der Waals surface area contributed by atoms with E-state index in [0.29, 0.717) is 17.5 Å². The molecule has 2 rings (SSSR count). The number of esters is 1. The summed E-state index contributed by atoms with van der Waals surface area (Å²) in [6.07, 6.45) is 1.51. The van der Waals surface area contributed by atoms with Gasteiger partial charge < -0.3 is 4.74 Å². The van der Waals surface area contributed by atoms with Gasteiger partial charge in [0.15, 0.2) is 0 Å². The zero-order valence-corrected chi connectivity index (χ0v) is 9.74. The van der Waals surface area contributed by atoms with Crippen LogP contribution >= 0.6 is 0 Å². The molecule has 0 radical (unpaired) electrons. The highest BCUT2D eigenvalue weighted by molar-refractivity contribution is 6.33. The summed E-state index contributed by atoms with van der Waals surface area (Å²) in [5, 5.41) is 4.55. The van der Waals surface area contributed by atoms with E-state index in [0.717, 1.165) is 5.46 Å². The molecule has 0 N–H and O–H groups in total. The van der Waals surface area contributed by atoms with Crippen molar-refractivity contribution in [2.45, 2.75) is 13.5 Å². The first-order valence-electron chi connectivity index (χ1n) is 5.39. The Morgan fingerprint density at radius 1 is 1.59 bits per heavy atom. The molecule has 0 saturated carbocycles. The molecule has 0 unspecified atom stereocenters. The van der Waals surface area contributed by atoms with Gasteiger partial charge in [-0.25, -0.2) is 4.39 Å². The van der Waals surface area contributed by atoms with Gasteiger partial charge in [0.05, 0.1) is 17.5 Å². The number of halogens is 1. The minimum Gasteiger partial charge on any atom is -0.465 e. The monoisotopic (exact) mass is 234 g/mol. The highest BCUT2D eigenvalue weighted by Gasteiger charge is 2.09. The molecule has 2 aromatic rings. The fourth-order valence-corrected chi connectivity index (χ4v) is 1.68. The lowest BCUT2D eigenvalue weighted by Gasteiger charge is -2.00. The van der Waals surface area contributed by atoms with Gasteiger partial charge in [0.1, 0.15) is 20.2 Å². The zero-order chi connectivity index (χ0) is 12.4. The van der Waals surface area contributed by atoms with Gasteiger partial charge in [-0.15, -0.1) is 0 Å². The van der Waals surface area contributed by atoms with Gasteiger partial charge in [0.25, 0.3) is 0 Å². The Morgan fingerprint density at radius 2 is 2.35 bits per heavy atom. The maximum atomic E-state index is 13.6. The standard InChI is InChI=1S/C11H12BFN2O2/c1-2-17-11(16)6-15-5-8-9(13)3-7(12)4-10(8)14-15/h3-5H,2,6,12H2,1H3.